The molecule has 1 atom stereocenters. The average Bonchev–Trinajstić information content (AvgIpc) is 2.96. The van der Waals surface area contributed by atoms with Gasteiger partial charge in [-0.1, -0.05) is 27.7 Å². The summed E-state index contributed by atoms with van der Waals surface area (Å²) < 4.78 is 2.17. The number of hydrogen-bond donors (Lipinski definition) is 3. The van der Waals surface area contributed by atoms with E-state index in [4.69, 9.17) is 0 Å². The molecule has 0 aliphatic rings. The van der Waals surface area contributed by atoms with Crippen molar-refractivity contribution in [1.82, 2.24) is 20.2 Å². The van der Waals surface area contributed by atoms with Gasteiger partial charge >= 0.3 is 0 Å². The number of nitrogens with one attached hydrogen (secondary N) is 2. The SMILES string of the molecule is CCNC(=NCc1nccn1CC(C)C)NCC(CCO)CC(C)C.I. The Morgan fingerprint density at radius 1 is 1.23 bits per heavy atom. The number of aliphatic hydroxyl groups excluding tert-OH is 1. The summed E-state index contributed by atoms with van der Waals surface area (Å²) in [6.07, 6.45) is 5.79. The van der Waals surface area contributed by atoms with Crippen molar-refractivity contribution < 1.29 is 5.11 Å². The molecule has 26 heavy (non-hydrogen) atoms. The van der Waals surface area contributed by atoms with Crippen LogP contribution in [0.1, 0.15) is 53.3 Å². The summed E-state index contributed by atoms with van der Waals surface area (Å²) in [5, 5.41) is 16.0. The molecule has 1 aromatic rings. The molecule has 1 rings (SSSR count). The second kappa shape index (κ2) is 14.3. The first-order chi connectivity index (χ1) is 12.0. The lowest BCUT2D eigenvalue weighted by Gasteiger charge is -2.20. The molecule has 0 spiro atoms. The van der Waals surface area contributed by atoms with Gasteiger partial charge in [-0.05, 0) is 37.5 Å². The Kier molecular flexibility index (Phi) is 13.8. The molecule has 0 fully saturated rings. The maximum atomic E-state index is 9.26. The summed E-state index contributed by atoms with van der Waals surface area (Å²) in [6.45, 7) is 14.3. The van der Waals surface area contributed by atoms with Crippen LogP contribution in [0.4, 0.5) is 0 Å². The molecule has 1 aromatic heterocycles. The number of guanidine groups is 1. The highest BCUT2D eigenvalue weighted by Crippen LogP contribution is 2.14. The highest BCUT2D eigenvalue weighted by Gasteiger charge is 2.12. The molecule has 7 heteroatoms. The van der Waals surface area contributed by atoms with Crippen LogP contribution in [0.25, 0.3) is 0 Å². The topological polar surface area (TPSA) is 74.5 Å². The molecular weight excluding hydrogens is 441 g/mol. The summed E-state index contributed by atoms with van der Waals surface area (Å²) in [4.78, 5) is 9.12. The molecule has 0 amide bonds. The van der Waals surface area contributed by atoms with Crippen LogP contribution in [0.2, 0.25) is 0 Å². The maximum absolute atomic E-state index is 9.26. The molecular formula is C19H38IN5O. The quantitative estimate of drug-likeness (QED) is 0.259. The standard InChI is InChI=1S/C19H37N5O.HI/c1-6-20-19(22-12-17(7-10-25)11-15(2)3)23-13-18-21-8-9-24(18)14-16(4)5;/h8-9,15-17,25H,6-7,10-14H2,1-5H3,(H2,20,22,23);1H. The van der Waals surface area contributed by atoms with E-state index in [1.54, 1.807) is 0 Å². The van der Waals surface area contributed by atoms with E-state index in [1.807, 2.05) is 12.4 Å². The average molecular weight is 479 g/mol. The number of imidazole rings is 1. The Morgan fingerprint density at radius 3 is 2.54 bits per heavy atom. The molecule has 0 bridgehead atoms. The summed E-state index contributed by atoms with van der Waals surface area (Å²) in [7, 11) is 0. The fraction of sp³-hybridized carbons (Fsp3) is 0.789. The van der Waals surface area contributed by atoms with E-state index in [0.29, 0.717) is 24.3 Å². The Hall–Kier alpha value is -0.830. The minimum Gasteiger partial charge on any atom is -0.396 e. The van der Waals surface area contributed by atoms with E-state index in [9.17, 15) is 5.11 Å². The van der Waals surface area contributed by atoms with Gasteiger partial charge in [0, 0.05) is 38.6 Å². The number of nitrogens with zero attached hydrogens (tertiary/aromatic N) is 3. The van der Waals surface area contributed by atoms with Crippen LogP contribution >= 0.6 is 24.0 Å². The van der Waals surface area contributed by atoms with Gasteiger partial charge < -0.3 is 20.3 Å². The van der Waals surface area contributed by atoms with Gasteiger partial charge in [-0.15, -0.1) is 24.0 Å². The van der Waals surface area contributed by atoms with Crippen LogP contribution in [0.3, 0.4) is 0 Å². The monoisotopic (exact) mass is 479 g/mol. The third-order valence-corrected chi connectivity index (χ3v) is 3.99. The molecule has 0 radical (unpaired) electrons. The van der Waals surface area contributed by atoms with Crippen molar-refractivity contribution in [1.29, 1.82) is 0 Å². The number of aliphatic imine (C=N–C) groups is 1. The molecule has 3 N–H and O–H groups in total. The van der Waals surface area contributed by atoms with Gasteiger partial charge in [0.1, 0.15) is 12.4 Å². The van der Waals surface area contributed by atoms with Crippen molar-refractivity contribution in [2.45, 2.75) is 60.5 Å². The van der Waals surface area contributed by atoms with Crippen molar-refractivity contribution in [2.24, 2.45) is 22.7 Å². The maximum Gasteiger partial charge on any atom is 0.191 e. The highest BCUT2D eigenvalue weighted by atomic mass is 127. The molecule has 0 saturated carbocycles. The number of aliphatic hydroxyl groups is 1. The van der Waals surface area contributed by atoms with Gasteiger partial charge in [0.2, 0.25) is 0 Å². The smallest absolute Gasteiger partial charge is 0.191 e. The van der Waals surface area contributed by atoms with Crippen LogP contribution in [0.15, 0.2) is 17.4 Å². The molecule has 0 aromatic carbocycles. The zero-order chi connectivity index (χ0) is 18.7. The van der Waals surface area contributed by atoms with E-state index < -0.39 is 0 Å². The predicted molar refractivity (Wildman–Crippen MR) is 120 cm³/mol. The Morgan fingerprint density at radius 2 is 1.96 bits per heavy atom. The van der Waals surface area contributed by atoms with Gasteiger partial charge in [-0.3, -0.25) is 0 Å². The number of aromatic nitrogens is 2. The van der Waals surface area contributed by atoms with Crippen molar-refractivity contribution in [3.63, 3.8) is 0 Å². The first-order valence-corrected chi connectivity index (χ1v) is 9.59. The van der Waals surface area contributed by atoms with Crippen molar-refractivity contribution in [3.8, 4) is 0 Å². The van der Waals surface area contributed by atoms with Crippen LogP contribution < -0.4 is 10.6 Å². The van der Waals surface area contributed by atoms with Gasteiger partial charge in [0.15, 0.2) is 5.96 Å². The Balaban J connectivity index is 0.00000625. The number of rotatable bonds is 11. The molecule has 0 aliphatic carbocycles. The van der Waals surface area contributed by atoms with E-state index in [0.717, 1.165) is 44.3 Å². The van der Waals surface area contributed by atoms with E-state index in [1.165, 1.54) is 0 Å². The summed E-state index contributed by atoms with van der Waals surface area (Å²) in [6, 6.07) is 0. The Labute approximate surface area is 176 Å². The zero-order valence-corrected chi connectivity index (χ0v) is 19.4. The fourth-order valence-electron chi connectivity index (χ4n) is 2.94. The van der Waals surface area contributed by atoms with Crippen molar-refractivity contribution in [2.75, 3.05) is 19.7 Å². The lowest BCUT2D eigenvalue weighted by molar-refractivity contribution is 0.243. The van der Waals surface area contributed by atoms with Crippen LogP contribution in [-0.4, -0.2) is 40.3 Å². The van der Waals surface area contributed by atoms with E-state index >= 15 is 0 Å². The molecule has 0 saturated heterocycles. The molecule has 1 unspecified atom stereocenters. The predicted octanol–water partition coefficient (Wildman–Crippen LogP) is 3.26. The van der Waals surface area contributed by atoms with Gasteiger partial charge in [0.05, 0.1) is 0 Å². The van der Waals surface area contributed by atoms with E-state index in [-0.39, 0.29) is 30.6 Å². The zero-order valence-electron chi connectivity index (χ0n) is 17.0. The van der Waals surface area contributed by atoms with Gasteiger partial charge in [-0.25, -0.2) is 9.98 Å². The normalized spacial score (nSPS) is 13.0. The summed E-state index contributed by atoms with van der Waals surface area (Å²) >= 11 is 0. The molecule has 0 aliphatic heterocycles. The third kappa shape index (κ3) is 10.4. The largest absolute Gasteiger partial charge is 0.396 e. The van der Waals surface area contributed by atoms with Crippen molar-refractivity contribution in [3.05, 3.63) is 18.2 Å². The third-order valence-electron chi connectivity index (χ3n) is 3.99. The second-order valence-electron chi connectivity index (χ2n) is 7.47. The minimum atomic E-state index is 0. The van der Waals surface area contributed by atoms with Crippen LogP contribution in [0, 0.1) is 17.8 Å². The van der Waals surface area contributed by atoms with E-state index in [2.05, 4.69) is 59.8 Å². The Bertz CT molecular complexity index is 502. The number of halogens is 1. The van der Waals surface area contributed by atoms with Crippen molar-refractivity contribution >= 4 is 29.9 Å². The lowest BCUT2D eigenvalue weighted by Crippen LogP contribution is -2.40. The summed E-state index contributed by atoms with van der Waals surface area (Å²) in [5.74, 6) is 3.46. The summed E-state index contributed by atoms with van der Waals surface area (Å²) in [5.41, 5.74) is 0. The molecule has 152 valence electrons. The fourth-order valence-corrected chi connectivity index (χ4v) is 2.94. The van der Waals surface area contributed by atoms with Gasteiger partial charge in [0.25, 0.3) is 0 Å². The first kappa shape index (κ1) is 25.2. The first-order valence-electron chi connectivity index (χ1n) is 9.59. The highest BCUT2D eigenvalue weighted by molar-refractivity contribution is 14.0. The second-order valence-corrected chi connectivity index (χ2v) is 7.47. The lowest BCUT2D eigenvalue weighted by atomic mass is 9.94. The van der Waals surface area contributed by atoms with Gasteiger partial charge in [-0.2, -0.15) is 0 Å². The molecule has 1 heterocycles. The van der Waals surface area contributed by atoms with Crippen LogP contribution in [-0.2, 0) is 13.1 Å². The number of hydrogen-bond acceptors (Lipinski definition) is 3. The minimum absolute atomic E-state index is 0. The van der Waals surface area contributed by atoms with Crippen LogP contribution in [0.5, 0.6) is 0 Å². The molecule has 6 nitrogen and oxygen atoms in total.